The number of carbonyl (C=O) groups is 1. The molecule has 1 amide bonds. The molecular formula is C20H18N4O4. The fraction of sp³-hybridized carbons (Fsp3) is 0.150. The lowest BCUT2D eigenvalue weighted by atomic mass is 10.1. The number of aromatic amines is 1. The van der Waals surface area contributed by atoms with Gasteiger partial charge in [0.2, 0.25) is 11.9 Å². The number of carbonyl (C=O) groups excluding carboxylic acids is 1. The van der Waals surface area contributed by atoms with Crippen LogP contribution in [0.25, 0.3) is 22.4 Å². The molecule has 142 valence electrons. The van der Waals surface area contributed by atoms with Crippen molar-refractivity contribution in [3.05, 3.63) is 54.3 Å². The SMILES string of the molecule is COc1ccc(-c2nc(NC(=O)Cc3coc4cc(OC)ccc34)n[nH]2)cc1. The Balaban J connectivity index is 1.45. The maximum Gasteiger partial charge on any atom is 0.249 e. The molecule has 2 N–H and O–H groups in total. The second kappa shape index (κ2) is 7.43. The normalized spacial score (nSPS) is 10.8. The first-order valence-electron chi connectivity index (χ1n) is 8.57. The molecule has 4 rings (SSSR count). The number of benzene rings is 2. The number of nitrogens with one attached hydrogen (secondary N) is 2. The van der Waals surface area contributed by atoms with Crippen LogP contribution in [0.2, 0.25) is 0 Å². The van der Waals surface area contributed by atoms with Gasteiger partial charge in [-0.25, -0.2) is 0 Å². The zero-order valence-electron chi connectivity index (χ0n) is 15.4. The lowest BCUT2D eigenvalue weighted by Gasteiger charge is -2.01. The number of rotatable bonds is 6. The maximum absolute atomic E-state index is 12.4. The fourth-order valence-corrected chi connectivity index (χ4v) is 2.86. The van der Waals surface area contributed by atoms with E-state index in [2.05, 4.69) is 20.5 Å². The molecule has 28 heavy (non-hydrogen) atoms. The lowest BCUT2D eigenvalue weighted by molar-refractivity contribution is -0.115. The van der Waals surface area contributed by atoms with Gasteiger partial charge in [0.25, 0.3) is 0 Å². The molecule has 0 unspecified atom stereocenters. The van der Waals surface area contributed by atoms with Gasteiger partial charge < -0.3 is 13.9 Å². The van der Waals surface area contributed by atoms with Crippen LogP contribution in [-0.2, 0) is 11.2 Å². The summed E-state index contributed by atoms with van der Waals surface area (Å²) in [4.78, 5) is 16.7. The van der Waals surface area contributed by atoms with E-state index >= 15 is 0 Å². The summed E-state index contributed by atoms with van der Waals surface area (Å²) in [5.74, 6) is 1.98. The van der Waals surface area contributed by atoms with E-state index in [1.54, 1.807) is 26.5 Å². The van der Waals surface area contributed by atoms with Gasteiger partial charge in [0.15, 0.2) is 5.82 Å². The molecule has 4 aromatic rings. The molecule has 0 aliphatic rings. The van der Waals surface area contributed by atoms with E-state index < -0.39 is 0 Å². The summed E-state index contributed by atoms with van der Waals surface area (Å²) in [6, 6.07) is 12.9. The third kappa shape index (κ3) is 3.52. The van der Waals surface area contributed by atoms with Gasteiger partial charge in [-0.15, -0.1) is 5.10 Å². The molecule has 8 heteroatoms. The summed E-state index contributed by atoms with van der Waals surface area (Å²) in [7, 11) is 3.20. The summed E-state index contributed by atoms with van der Waals surface area (Å²) in [5, 5.41) is 10.4. The molecule has 2 aromatic carbocycles. The van der Waals surface area contributed by atoms with E-state index in [4.69, 9.17) is 13.9 Å². The molecule has 0 aliphatic heterocycles. The van der Waals surface area contributed by atoms with Crippen molar-refractivity contribution < 1.29 is 18.7 Å². The maximum atomic E-state index is 12.4. The quantitative estimate of drug-likeness (QED) is 0.533. The molecule has 0 radical (unpaired) electrons. The van der Waals surface area contributed by atoms with E-state index in [-0.39, 0.29) is 18.3 Å². The third-order valence-electron chi connectivity index (χ3n) is 4.31. The minimum atomic E-state index is -0.237. The van der Waals surface area contributed by atoms with Crippen molar-refractivity contribution in [2.24, 2.45) is 0 Å². The number of H-pyrrole nitrogens is 1. The number of amides is 1. The number of fused-ring (bicyclic) bond motifs is 1. The van der Waals surface area contributed by atoms with Gasteiger partial charge in [0.1, 0.15) is 17.1 Å². The van der Waals surface area contributed by atoms with Crippen molar-refractivity contribution in [3.63, 3.8) is 0 Å². The van der Waals surface area contributed by atoms with Crippen molar-refractivity contribution in [2.45, 2.75) is 6.42 Å². The Kier molecular flexibility index (Phi) is 4.67. The molecule has 0 aliphatic carbocycles. The fourth-order valence-electron chi connectivity index (χ4n) is 2.86. The largest absolute Gasteiger partial charge is 0.497 e. The van der Waals surface area contributed by atoms with Gasteiger partial charge in [-0.1, -0.05) is 0 Å². The summed E-state index contributed by atoms with van der Waals surface area (Å²) in [6.45, 7) is 0. The second-order valence-corrected chi connectivity index (χ2v) is 6.08. The summed E-state index contributed by atoms with van der Waals surface area (Å²) in [6.07, 6.45) is 1.72. The summed E-state index contributed by atoms with van der Waals surface area (Å²) >= 11 is 0. The van der Waals surface area contributed by atoms with Gasteiger partial charge in [-0.05, 0) is 36.4 Å². The van der Waals surface area contributed by atoms with Crippen LogP contribution in [0.4, 0.5) is 5.95 Å². The van der Waals surface area contributed by atoms with Crippen molar-refractivity contribution in [1.29, 1.82) is 0 Å². The number of furan rings is 1. The number of aromatic nitrogens is 3. The van der Waals surface area contributed by atoms with Crippen molar-refractivity contribution >= 4 is 22.8 Å². The molecule has 0 bridgehead atoms. The molecule has 0 fully saturated rings. The van der Waals surface area contributed by atoms with Crippen LogP contribution < -0.4 is 14.8 Å². The average molecular weight is 378 g/mol. The Hall–Kier alpha value is -3.81. The van der Waals surface area contributed by atoms with Gasteiger partial charge in [0.05, 0.1) is 26.9 Å². The predicted molar refractivity (Wildman–Crippen MR) is 103 cm³/mol. The Morgan fingerprint density at radius 2 is 1.86 bits per heavy atom. The molecule has 8 nitrogen and oxygen atoms in total. The van der Waals surface area contributed by atoms with E-state index in [1.807, 2.05) is 36.4 Å². The first kappa shape index (κ1) is 17.6. The molecular weight excluding hydrogens is 360 g/mol. The smallest absolute Gasteiger partial charge is 0.249 e. The Labute approximate surface area is 160 Å². The minimum Gasteiger partial charge on any atom is -0.497 e. The Bertz CT molecular complexity index is 1110. The molecule has 0 atom stereocenters. The van der Waals surface area contributed by atoms with Crippen LogP contribution in [0.3, 0.4) is 0 Å². The summed E-state index contributed by atoms with van der Waals surface area (Å²) < 4.78 is 15.8. The van der Waals surface area contributed by atoms with Crippen molar-refractivity contribution in [1.82, 2.24) is 15.2 Å². The first-order valence-corrected chi connectivity index (χ1v) is 8.57. The predicted octanol–water partition coefficient (Wildman–Crippen LogP) is 3.42. The highest BCUT2D eigenvalue weighted by molar-refractivity contribution is 5.94. The molecule has 2 aromatic heterocycles. The number of hydrogen-bond acceptors (Lipinski definition) is 6. The third-order valence-corrected chi connectivity index (χ3v) is 4.31. The van der Waals surface area contributed by atoms with Crippen LogP contribution in [0.15, 0.2) is 53.1 Å². The van der Waals surface area contributed by atoms with E-state index in [0.29, 0.717) is 17.2 Å². The second-order valence-electron chi connectivity index (χ2n) is 6.08. The zero-order chi connectivity index (χ0) is 19.5. The van der Waals surface area contributed by atoms with Gasteiger partial charge in [-0.2, -0.15) is 4.98 Å². The average Bonchev–Trinajstić information content (AvgIpc) is 3.35. The van der Waals surface area contributed by atoms with E-state index in [1.165, 1.54) is 0 Å². The molecule has 0 saturated carbocycles. The minimum absolute atomic E-state index is 0.145. The van der Waals surface area contributed by atoms with Crippen LogP contribution in [0, 0.1) is 0 Å². The molecule has 2 heterocycles. The van der Waals surface area contributed by atoms with Crippen molar-refractivity contribution in [3.8, 4) is 22.9 Å². The Morgan fingerprint density at radius 3 is 2.61 bits per heavy atom. The number of methoxy groups -OCH3 is 2. The number of ether oxygens (including phenoxy) is 2. The highest BCUT2D eigenvalue weighted by Gasteiger charge is 2.14. The number of nitrogens with zero attached hydrogens (tertiary/aromatic N) is 2. The van der Waals surface area contributed by atoms with Crippen LogP contribution in [0.1, 0.15) is 5.56 Å². The number of anilines is 1. The topological polar surface area (TPSA) is 102 Å². The van der Waals surface area contributed by atoms with E-state index in [0.717, 1.165) is 22.3 Å². The van der Waals surface area contributed by atoms with Crippen molar-refractivity contribution in [2.75, 3.05) is 19.5 Å². The number of hydrogen-bond donors (Lipinski definition) is 2. The molecule has 0 spiro atoms. The standard InChI is InChI=1S/C20H18N4O4/c1-26-14-5-3-12(4-6-14)19-22-20(24-23-19)21-18(25)9-13-11-28-17-10-15(27-2)7-8-16(13)17/h3-8,10-11H,9H2,1-2H3,(H2,21,22,23,24,25). The van der Waals surface area contributed by atoms with E-state index in [9.17, 15) is 4.79 Å². The van der Waals surface area contributed by atoms with Gasteiger partial charge in [-0.3, -0.25) is 15.2 Å². The lowest BCUT2D eigenvalue weighted by Crippen LogP contribution is -2.15. The summed E-state index contributed by atoms with van der Waals surface area (Å²) in [5.41, 5.74) is 2.28. The Morgan fingerprint density at radius 1 is 1.11 bits per heavy atom. The highest BCUT2D eigenvalue weighted by atomic mass is 16.5. The first-order chi connectivity index (χ1) is 13.7. The molecule has 0 saturated heterocycles. The van der Waals surface area contributed by atoms with Crippen LogP contribution in [0.5, 0.6) is 11.5 Å². The van der Waals surface area contributed by atoms with Crippen LogP contribution >= 0.6 is 0 Å². The van der Waals surface area contributed by atoms with Gasteiger partial charge >= 0.3 is 0 Å². The van der Waals surface area contributed by atoms with Crippen LogP contribution in [-0.4, -0.2) is 35.3 Å². The van der Waals surface area contributed by atoms with Gasteiger partial charge in [0, 0.05) is 22.6 Å². The highest BCUT2D eigenvalue weighted by Crippen LogP contribution is 2.26. The monoisotopic (exact) mass is 378 g/mol. The zero-order valence-corrected chi connectivity index (χ0v) is 15.4.